The van der Waals surface area contributed by atoms with Gasteiger partial charge in [-0.2, -0.15) is 0 Å². The number of benzene rings is 1. The SMILES string of the molecule is C=C(C)C(=O)NCC(=O)N[C@@H](CC(C)C)C(=O)Oc1ccc([N+](=O)[O-])cc1. The molecular formula is C18H23N3O6. The molecule has 0 saturated heterocycles. The van der Waals surface area contributed by atoms with E-state index in [0.717, 1.165) is 0 Å². The van der Waals surface area contributed by atoms with Crippen molar-refractivity contribution in [1.82, 2.24) is 10.6 Å². The van der Waals surface area contributed by atoms with Gasteiger partial charge in [-0.05, 0) is 31.4 Å². The van der Waals surface area contributed by atoms with Crippen molar-refractivity contribution in [2.24, 2.45) is 5.92 Å². The lowest BCUT2D eigenvalue weighted by Crippen LogP contribution is -2.47. The number of nitro groups is 1. The summed E-state index contributed by atoms with van der Waals surface area (Å²) in [4.78, 5) is 45.9. The van der Waals surface area contributed by atoms with E-state index >= 15 is 0 Å². The van der Waals surface area contributed by atoms with E-state index < -0.39 is 28.7 Å². The van der Waals surface area contributed by atoms with Crippen LogP contribution in [0.1, 0.15) is 27.2 Å². The van der Waals surface area contributed by atoms with Crippen molar-refractivity contribution in [3.63, 3.8) is 0 Å². The van der Waals surface area contributed by atoms with Crippen molar-refractivity contribution in [2.45, 2.75) is 33.2 Å². The van der Waals surface area contributed by atoms with Gasteiger partial charge >= 0.3 is 5.97 Å². The summed E-state index contributed by atoms with van der Waals surface area (Å²) in [6.07, 6.45) is 0.325. The van der Waals surface area contributed by atoms with Crippen LogP contribution in [0.4, 0.5) is 5.69 Å². The number of rotatable bonds is 9. The number of hydrogen-bond donors (Lipinski definition) is 2. The van der Waals surface area contributed by atoms with Gasteiger partial charge in [0.05, 0.1) is 11.5 Å². The molecule has 1 aromatic rings. The Hall–Kier alpha value is -3.23. The molecule has 27 heavy (non-hydrogen) atoms. The van der Waals surface area contributed by atoms with Gasteiger partial charge in [0.15, 0.2) is 0 Å². The van der Waals surface area contributed by atoms with E-state index in [1.807, 2.05) is 13.8 Å². The van der Waals surface area contributed by atoms with Gasteiger partial charge in [0.2, 0.25) is 11.8 Å². The predicted molar refractivity (Wildman–Crippen MR) is 97.9 cm³/mol. The van der Waals surface area contributed by atoms with Crippen molar-refractivity contribution in [3.05, 3.63) is 46.5 Å². The highest BCUT2D eigenvalue weighted by atomic mass is 16.6. The maximum atomic E-state index is 12.4. The van der Waals surface area contributed by atoms with Gasteiger partial charge in [0, 0.05) is 17.7 Å². The average Bonchev–Trinajstić information content (AvgIpc) is 2.58. The van der Waals surface area contributed by atoms with Crippen LogP contribution in [0.3, 0.4) is 0 Å². The third-order valence-electron chi connectivity index (χ3n) is 3.39. The molecule has 1 aromatic carbocycles. The molecule has 0 aliphatic carbocycles. The van der Waals surface area contributed by atoms with Crippen LogP contribution in [0, 0.1) is 16.0 Å². The summed E-state index contributed by atoms with van der Waals surface area (Å²) in [7, 11) is 0. The molecular weight excluding hydrogens is 354 g/mol. The molecule has 1 rings (SSSR count). The summed E-state index contributed by atoms with van der Waals surface area (Å²) < 4.78 is 5.20. The Labute approximate surface area is 156 Å². The van der Waals surface area contributed by atoms with Crippen LogP contribution >= 0.6 is 0 Å². The molecule has 0 heterocycles. The fraction of sp³-hybridized carbons (Fsp3) is 0.389. The van der Waals surface area contributed by atoms with Gasteiger partial charge in [-0.15, -0.1) is 0 Å². The molecule has 146 valence electrons. The topological polar surface area (TPSA) is 128 Å². The lowest BCUT2D eigenvalue weighted by molar-refractivity contribution is -0.384. The van der Waals surface area contributed by atoms with Crippen molar-refractivity contribution >= 4 is 23.5 Å². The molecule has 0 aliphatic heterocycles. The summed E-state index contributed by atoms with van der Waals surface area (Å²) in [5.41, 5.74) is 0.134. The number of hydrogen-bond acceptors (Lipinski definition) is 6. The van der Waals surface area contributed by atoms with Gasteiger partial charge < -0.3 is 15.4 Å². The second-order valence-electron chi connectivity index (χ2n) is 6.38. The number of esters is 1. The van der Waals surface area contributed by atoms with Gasteiger partial charge in [-0.1, -0.05) is 20.4 Å². The second kappa shape index (κ2) is 10.0. The van der Waals surface area contributed by atoms with Crippen molar-refractivity contribution < 1.29 is 24.0 Å². The monoisotopic (exact) mass is 377 g/mol. The Morgan fingerprint density at radius 3 is 2.30 bits per heavy atom. The fourth-order valence-corrected chi connectivity index (χ4v) is 2.07. The highest BCUT2D eigenvalue weighted by Crippen LogP contribution is 2.18. The molecule has 2 N–H and O–H groups in total. The molecule has 0 aromatic heterocycles. The van der Waals surface area contributed by atoms with Gasteiger partial charge in [-0.3, -0.25) is 19.7 Å². The number of carbonyl (C=O) groups is 3. The Bertz CT molecular complexity index is 727. The standard InChI is InChI=1S/C18H23N3O6/c1-11(2)9-15(20-16(22)10-19-17(23)12(3)4)18(24)27-14-7-5-13(6-8-14)21(25)26/h5-8,11,15H,3,9-10H2,1-2,4H3,(H,19,23)(H,20,22)/t15-/m0/s1. The zero-order valence-corrected chi connectivity index (χ0v) is 15.5. The van der Waals surface area contributed by atoms with Crippen molar-refractivity contribution in [3.8, 4) is 5.75 Å². The molecule has 9 heteroatoms. The van der Waals surface area contributed by atoms with E-state index in [4.69, 9.17) is 4.74 Å². The minimum Gasteiger partial charge on any atom is -0.425 e. The minimum atomic E-state index is -0.922. The third-order valence-corrected chi connectivity index (χ3v) is 3.39. The summed E-state index contributed by atoms with van der Waals surface area (Å²) in [6, 6.07) is 4.11. The molecule has 0 bridgehead atoms. The van der Waals surface area contributed by atoms with Gasteiger partial charge in [0.1, 0.15) is 11.8 Å². The molecule has 9 nitrogen and oxygen atoms in total. The zero-order chi connectivity index (χ0) is 20.6. The van der Waals surface area contributed by atoms with E-state index in [0.29, 0.717) is 6.42 Å². The van der Waals surface area contributed by atoms with E-state index in [-0.39, 0.29) is 29.5 Å². The van der Waals surface area contributed by atoms with Crippen molar-refractivity contribution in [1.29, 1.82) is 0 Å². The molecule has 0 aliphatic rings. The fourth-order valence-electron chi connectivity index (χ4n) is 2.07. The largest absolute Gasteiger partial charge is 0.425 e. The maximum absolute atomic E-state index is 12.4. The van der Waals surface area contributed by atoms with Crippen LogP contribution in [-0.4, -0.2) is 35.3 Å². The molecule has 0 spiro atoms. The second-order valence-corrected chi connectivity index (χ2v) is 6.38. The first-order valence-corrected chi connectivity index (χ1v) is 8.29. The highest BCUT2D eigenvalue weighted by molar-refractivity contribution is 5.95. The minimum absolute atomic E-state index is 0.0877. The van der Waals surface area contributed by atoms with Gasteiger partial charge in [0.25, 0.3) is 5.69 Å². The normalized spacial score (nSPS) is 11.4. The van der Waals surface area contributed by atoms with Crippen LogP contribution in [-0.2, 0) is 14.4 Å². The van der Waals surface area contributed by atoms with Crippen LogP contribution < -0.4 is 15.4 Å². The number of non-ortho nitro benzene ring substituents is 1. The Morgan fingerprint density at radius 2 is 1.81 bits per heavy atom. The molecule has 0 fully saturated rings. The molecule has 0 saturated carbocycles. The van der Waals surface area contributed by atoms with Crippen LogP contribution in [0.25, 0.3) is 0 Å². The zero-order valence-electron chi connectivity index (χ0n) is 15.5. The van der Waals surface area contributed by atoms with Crippen LogP contribution in [0.5, 0.6) is 5.75 Å². The first-order chi connectivity index (χ1) is 12.6. The molecule has 1 atom stereocenters. The summed E-state index contributed by atoms with van der Waals surface area (Å²) in [5, 5.41) is 15.6. The summed E-state index contributed by atoms with van der Waals surface area (Å²) in [6.45, 7) is 8.43. The highest BCUT2D eigenvalue weighted by Gasteiger charge is 2.24. The number of nitrogens with zero attached hydrogens (tertiary/aromatic N) is 1. The van der Waals surface area contributed by atoms with E-state index in [1.54, 1.807) is 0 Å². The lowest BCUT2D eigenvalue weighted by Gasteiger charge is -2.19. The van der Waals surface area contributed by atoms with Crippen LogP contribution in [0.2, 0.25) is 0 Å². The number of nitro benzene ring substituents is 1. The predicted octanol–water partition coefficient (Wildman–Crippen LogP) is 1.72. The number of ether oxygens (including phenoxy) is 1. The first-order valence-electron chi connectivity index (χ1n) is 8.29. The van der Waals surface area contributed by atoms with E-state index in [2.05, 4.69) is 17.2 Å². The molecule has 0 unspecified atom stereocenters. The van der Waals surface area contributed by atoms with E-state index in [9.17, 15) is 24.5 Å². The van der Waals surface area contributed by atoms with Gasteiger partial charge in [-0.25, -0.2) is 4.79 Å². The van der Waals surface area contributed by atoms with Crippen molar-refractivity contribution in [2.75, 3.05) is 6.54 Å². The third kappa shape index (κ3) is 7.68. The molecule has 0 radical (unpaired) electrons. The van der Waals surface area contributed by atoms with Crippen LogP contribution in [0.15, 0.2) is 36.4 Å². The van der Waals surface area contributed by atoms with E-state index in [1.165, 1.54) is 31.2 Å². The number of carbonyl (C=O) groups excluding carboxylic acids is 3. The summed E-state index contributed by atoms with van der Waals surface area (Å²) >= 11 is 0. The lowest BCUT2D eigenvalue weighted by atomic mass is 10.0. The maximum Gasteiger partial charge on any atom is 0.334 e. The number of nitrogens with one attached hydrogen (secondary N) is 2. The Kier molecular flexibility index (Phi) is 8.12. The molecule has 2 amide bonds. The smallest absolute Gasteiger partial charge is 0.334 e. The first kappa shape index (κ1) is 21.8. The number of amides is 2. The average molecular weight is 377 g/mol. The Morgan fingerprint density at radius 1 is 1.22 bits per heavy atom. The summed E-state index contributed by atoms with van der Waals surface area (Å²) in [5.74, 6) is -1.49. The Balaban J connectivity index is 2.72. The quantitative estimate of drug-likeness (QED) is 0.222.